The van der Waals surface area contributed by atoms with Gasteiger partial charge in [-0.2, -0.15) is 5.21 Å². The van der Waals surface area contributed by atoms with E-state index in [1.54, 1.807) is 0 Å². The number of aromatic hydroxyl groups is 1. The number of phenols is 1. The van der Waals surface area contributed by atoms with E-state index in [0.29, 0.717) is 35.2 Å². The smallest absolute Gasteiger partial charge is 0.204 e. The molecular formula is C22H24N4O3. The second-order valence-corrected chi connectivity index (χ2v) is 7.55. The van der Waals surface area contributed by atoms with E-state index in [1.165, 1.54) is 0 Å². The lowest BCUT2D eigenvalue weighted by Gasteiger charge is -2.21. The molecule has 1 aliphatic carbocycles. The lowest BCUT2D eigenvalue weighted by molar-refractivity contribution is -0.110. The van der Waals surface area contributed by atoms with Gasteiger partial charge in [0.15, 0.2) is 0 Å². The van der Waals surface area contributed by atoms with Crippen molar-refractivity contribution >= 4 is 6.29 Å². The van der Waals surface area contributed by atoms with Gasteiger partial charge < -0.3 is 14.6 Å². The molecule has 1 unspecified atom stereocenters. The van der Waals surface area contributed by atoms with Gasteiger partial charge in [-0.25, -0.2) is 0 Å². The highest BCUT2D eigenvalue weighted by Gasteiger charge is 2.28. The summed E-state index contributed by atoms with van der Waals surface area (Å²) in [5, 5.41) is 24.6. The van der Waals surface area contributed by atoms with E-state index < -0.39 is 0 Å². The Balaban J connectivity index is 1.46. The second kappa shape index (κ2) is 8.43. The standard InChI is InChI=1S/C22H24N4O3/c1-14-20(11-10-18(21(14)28)19(12-27)16-4-2-3-5-16)29-13-15-6-8-17(9-7-15)22-23-25-26-24-22/h6-12,16,19,28H,2-5,13H2,1H3,(H,23,24,25,26). The van der Waals surface area contributed by atoms with Crippen LogP contribution in [0.3, 0.4) is 0 Å². The number of aromatic nitrogens is 4. The number of aldehydes is 1. The Morgan fingerprint density at radius 2 is 1.97 bits per heavy atom. The molecule has 1 aromatic heterocycles. The first-order chi connectivity index (χ1) is 14.2. The van der Waals surface area contributed by atoms with Crippen LogP contribution < -0.4 is 4.74 Å². The van der Waals surface area contributed by atoms with Crippen molar-refractivity contribution in [1.29, 1.82) is 0 Å². The molecule has 150 valence electrons. The van der Waals surface area contributed by atoms with E-state index in [2.05, 4.69) is 20.6 Å². The minimum absolute atomic E-state index is 0.166. The van der Waals surface area contributed by atoms with Crippen molar-refractivity contribution in [2.75, 3.05) is 0 Å². The van der Waals surface area contributed by atoms with E-state index >= 15 is 0 Å². The predicted molar refractivity (Wildman–Crippen MR) is 108 cm³/mol. The predicted octanol–water partition coefficient (Wildman–Crippen LogP) is 3.93. The maximum absolute atomic E-state index is 11.7. The minimum Gasteiger partial charge on any atom is -0.507 e. The van der Waals surface area contributed by atoms with Crippen molar-refractivity contribution in [3.63, 3.8) is 0 Å². The number of hydrogen-bond donors (Lipinski definition) is 2. The molecule has 2 aromatic carbocycles. The molecule has 0 amide bonds. The molecule has 0 aliphatic heterocycles. The first-order valence-electron chi connectivity index (χ1n) is 9.90. The normalized spacial score (nSPS) is 15.3. The fourth-order valence-corrected chi connectivity index (χ4v) is 4.08. The third-order valence-corrected chi connectivity index (χ3v) is 5.78. The summed E-state index contributed by atoms with van der Waals surface area (Å²) < 4.78 is 5.93. The summed E-state index contributed by atoms with van der Waals surface area (Å²) in [6, 6.07) is 11.4. The molecular weight excluding hydrogens is 368 g/mol. The van der Waals surface area contributed by atoms with Crippen molar-refractivity contribution in [2.24, 2.45) is 5.92 Å². The molecule has 29 heavy (non-hydrogen) atoms. The van der Waals surface area contributed by atoms with Crippen molar-refractivity contribution in [3.05, 3.63) is 53.1 Å². The van der Waals surface area contributed by atoms with Crippen LogP contribution in [0.1, 0.15) is 48.3 Å². The summed E-state index contributed by atoms with van der Waals surface area (Å²) in [5.74, 6) is 1.40. The first-order valence-corrected chi connectivity index (χ1v) is 9.90. The highest BCUT2D eigenvalue weighted by Crippen LogP contribution is 2.42. The Hall–Kier alpha value is -3.22. The van der Waals surface area contributed by atoms with Crippen LogP contribution in [0.2, 0.25) is 0 Å². The van der Waals surface area contributed by atoms with E-state index in [1.807, 2.05) is 43.3 Å². The fraction of sp³-hybridized carbons (Fsp3) is 0.364. The van der Waals surface area contributed by atoms with Gasteiger partial charge in [0, 0.05) is 22.6 Å². The summed E-state index contributed by atoms with van der Waals surface area (Å²) >= 11 is 0. The van der Waals surface area contributed by atoms with Gasteiger partial charge >= 0.3 is 0 Å². The van der Waals surface area contributed by atoms with Gasteiger partial charge in [-0.05, 0) is 42.5 Å². The number of tetrazole rings is 1. The molecule has 3 aromatic rings. The quantitative estimate of drug-likeness (QED) is 0.591. The summed E-state index contributed by atoms with van der Waals surface area (Å²) in [5.41, 5.74) is 3.22. The average Bonchev–Trinajstić information content (AvgIpc) is 3.46. The highest BCUT2D eigenvalue weighted by atomic mass is 16.5. The number of ether oxygens (including phenoxy) is 1. The molecule has 7 nitrogen and oxygen atoms in total. The van der Waals surface area contributed by atoms with Crippen LogP contribution in [0.15, 0.2) is 36.4 Å². The van der Waals surface area contributed by atoms with Gasteiger partial charge in [0.2, 0.25) is 5.82 Å². The van der Waals surface area contributed by atoms with Gasteiger partial charge in [0.25, 0.3) is 0 Å². The molecule has 2 N–H and O–H groups in total. The Bertz CT molecular complexity index is 964. The van der Waals surface area contributed by atoms with Gasteiger partial charge in [-0.3, -0.25) is 0 Å². The summed E-state index contributed by atoms with van der Waals surface area (Å²) in [4.78, 5) is 11.7. The van der Waals surface area contributed by atoms with Crippen LogP contribution in [-0.4, -0.2) is 32.0 Å². The summed E-state index contributed by atoms with van der Waals surface area (Å²) in [7, 11) is 0. The Kier molecular flexibility index (Phi) is 5.55. The SMILES string of the molecule is Cc1c(OCc2ccc(-c3nn[nH]n3)cc2)ccc(C(C=O)C2CCCC2)c1O. The maximum atomic E-state index is 11.7. The zero-order valence-corrected chi connectivity index (χ0v) is 16.3. The maximum Gasteiger partial charge on any atom is 0.204 e. The third kappa shape index (κ3) is 3.99. The topological polar surface area (TPSA) is 101 Å². The average molecular weight is 392 g/mol. The van der Waals surface area contributed by atoms with E-state index in [-0.39, 0.29) is 11.7 Å². The van der Waals surface area contributed by atoms with Gasteiger partial charge in [0.1, 0.15) is 24.4 Å². The zero-order valence-electron chi connectivity index (χ0n) is 16.3. The van der Waals surface area contributed by atoms with E-state index in [4.69, 9.17) is 4.74 Å². The molecule has 0 spiro atoms. The minimum atomic E-state index is -0.247. The number of H-pyrrole nitrogens is 1. The lowest BCUT2D eigenvalue weighted by atomic mass is 9.84. The Labute approximate surface area is 169 Å². The van der Waals surface area contributed by atoms with Crippen molar-refractivity contribution in [2.45, 2.75) is 45.1 Å². The molecule has 1 fully saturated rings. The lowest BCUT2D eigenvalue weighted by Crippen LogP contribution is -2.12. The second-order valence-electron chi connectivity index (χ2n) is 7.55. The molecule has 4 rings (SSSR count). The number of hydrogen-bond acceptors (Lipinski definition) is 6. The number of nitrogens with zero attached hydrogens (tertiary/aromatic N) is 3. The van der Waals surface area contributed by atoms with Crippen LogP contribution in [0.5, 0.6) is 11.5 Å². The van der Waals surface area contributed by atoms with Crippen LogP contribution in [0.4, 0.5) is 0 Å². The number of rotatable bonds is 7. The highest BCUT2D eigenvalue weighted by molar-refractivity contribution is 5.67. The zero-order chi connectivity index (χ0) is 20.2. The number of benzene rings is 2. The number of carbonyl (C=O) groups excluding carboxylic acids is 1. The van der Waals surface area contributed by atoms with Crippen LogP contribution in [0.25, 0.3) is 11.4 Å². The summed E-state index contributed by atoms with van der Waals surface area (Å²) in [6.45, 7) is 2.19. The Morgan fingerprint density at radius 1 is 1.21 bits per heavy atom. The molecule has 0 saturated heterocycles. The van der Waals surface area contributed by atoms with Crippen LogP contribution >= 0.6 is 0 Å². The van der Waals surface area contributed by atoms with E-state index in [0.717, 1.165) is 43.1 Å². The van der Waals surface area contributed by atoms with Crippen molar-refractivity contribution in [1.82, 2.24) is 20.6 Å². The van der Waals surface area contributed by atoms with Gasteiger partial charge in [-0.1, -0.05) is 43.2 Å². The van der Waals surface area contributed by atoms with Crippen molar-refractivity contribution < 1.29 is 14.6 Å². The molecule has 0 bridgehead atoms. The van der Waals surface area contributed by atoms with Gasteiger partial charge in [0.05, 0.1) is 0 Å². The number of phenolic OH excluding ortho intramolecular Hbond substituents is 1. The third-order valence-electron chi connectivity index (χ3n) is 5.78. The molecule has 1 aliphatic rings. The molecule has 0 radical (unpaired) electrons. The molecule has 1 heterocycles. The molecule has 7 heteroatoms. The van der Waals surface area contributed by atoms with Gasteiger partial charge in [-0.15, -0.1) is 10.2 Å². The Morgan fingerprint density at radius 3 is 2.62 bits per heavy atom. The number of aromatic amines is 1. The summed E-state index contributed by atoms with van der Waals surface area (Å²) in [6.07, 6.45) is 5.37. The first kappa shape index (κ1) is 19.1. The molecule has 1 atom stereocenters. The largest absolute Gasteiger partial charge is 0.507 e. The van der Waals surface area contributed by atoms with Crippen LogP contribution in [0, 0.1) is 12.8 Å². The number of nitrogens with one attached hydrogen (secondary N) is 1. The fourth-order valence-electron chi connectivity index (χ4n) is 4.08. The van der Waals surface area contributed by atoms with E-state index in [9.17, 15) is 9.90 Å². The number of carbonyl (C=O) groups is 1. The van der Waals surface area contributed by atoms with Crippen LogP contribution in [-0.2, 0) is 11.4 Å². The van der Waals surface area contributed by atoms with Crippen molar-refractivity contribution in [3.8, 4) is 22.9 Å². The molecule has 1 saturated carbocycles. The monoisotopic (exact) mass is 392 g/mol.